The van der Waals surface area contributed by atoms with Crippen molar-refractivity contribution in [2.45, 2.75) is 64.3 Å². The number of hydrogen-bond donors (Lipinski definition) is 2. The number of thioether (sulfide) groups is 1. The van der Waals surface area contributed by atoms with E-state index in [9.17, 15) is 0 Å². The van der Waals surface area contributed by atoms with Gasteiger partial charge in [0.25, 0.3) is 0 Å². The molecule has 1 heterocycles. The molecule has 2 atom stereocenters. The van der Waals surface area contributed by atoms with E-state index in [2.05, 4.69) is 48.2 Å². The fourth-order valence-electron chi connectivity index (χ4n) is 2.80. The number of nitrogens with one attached hydrogen (secondary N) is 2. The summed E-state index contributed by atoms with van der Waals surface area (Å²) in [5.41, 5.74) is 0. The van der Waals surface area contributed by atoms with Gasteiger partial charge < -0.3 is 10.6 Å². The Bertz CT molecular complexity index is 476. The van der Waals surface area contributed by atoms with Crippen LogP contribution in [0.3, 0.4) is 0 Å². The Morgan fingerprint density at radius 2 is 2.26 bits per heavy atom. The summed E-state index contributed by atoms with van der Waals surface area (Å²) in [4.78, 5) is 10.3. The maximum Gasteiger partial charge on any atom is 0.191 e. The molecular formula is C16H29IN4S2. The van der Waals surface area contributed by atoms with Gasteiger partial charge in [0.2, 0.25) is 0 Å². The third-order valence-electron chi connectivity index (χ3n) is 3.76. The summed E-state index contributed by atoms with van der Waals surface area (Å²) in [5.74, 6) is 2.15. The molecule has 4 nitrogen and oxygen atoms in total. The van der Waals surface area contributed by atoms with Crippen molar-refractivity contribution in [2.24, 2.45) is 4.99 Å². The van der Waals surface area contributed by atoms with Crippen molar-refractivity contribution in [2.75, 3.05) is 12.3 Å². The van der Waals surface area contributed by atoms with Crippen LogP contribution in [0.15, 0.2) is 11.2 Å². The van der Waals surface area contributed by atoms with Crippen LogP contribution in [0.4, 0.5) is 0 Å². The van der Waals surface area contributed by atoms with E-state index in [1.165, 1.54) is 36.3 Å². The Morgan fingerprint density at radius 1 is 1.43 bits per heavy atom. The van der Waals surface area contributed by atoms with Gasteiger partial charge in [0.05, 0.1) is 6.54 Å². The quantitative estimate of drug-likeness (QED) is 0.374. The highest BCUT2D eigenvalue weighted by atomic mass is 127. The Kier molecular flexibility index (Phi) is 10.5. The average molecular weight is 468 g/mol. The fraction of sp³-hybridized carbons (Fsp3) is 0.750. The van der Waals surface area contributed by atoms with Crippen molar-refractivity contribution >= 4 is 53.0 Å². The Labute approximate surface area is 165 Å². The van der Waals surface area contributed by atoms with Crippen LogP contribution in [-0.4, -0.2) is 34.5 Å². The van der Waals surface area contributed by atoms with E-state index in [0.29, 0.717) is 12.6 Å². The number of nitrogens with zero attached hydrogens (tertiary/aromatic N) is 2. The molecule has 0 saturated heterocycles. The number of guanidine groups is 1. The fourth-order valence-corrected chi connectivity index (χ4v) is 4.68. The van der Waals surface area contributed by atoms with Crippen LogP contribution in [0.1, 0.15) is 49.4 Å². The lowest BCUT2D eigenvalue weighted by molar-refractivity contribution is 0.419. The van der Waals surface area contributed by atoms with Crippen molar-refractivity contribution in [3.8, 4) is 0 Å². The number of aryl methyl sites for hydroxylation is 1. The number of aliphatic imine (C=N–C) groups is 1. The van der Waals surface area contributed by atoms with Crippen molar-refractivity contribution in [3.63, 3.8) is 0 Å². The minimum absolute atomic E-state index is 0. The van der Waals surface area contributed by atoms with Crippen molar-refractivity contribution in [1.29, 1.82) is 0 Å². The zero-order valence-corrected chi connectivity index (χ0v) is 18.3. The molecule has 132 valence electrons. The van der Waals surface area contributed by atoms with Crippen molar-refractivity contribution in [1.82, 2.24) is 15.6 Å². The molecule has 2 unspecified atom stereocenters. The summed E-state index contributed by atoms with van der Waals surface area (Å²) in [6.45, 7) is 8.00. The van der Waals surface area contributed by atoms with Gasteiger partial charge in [0.1, 0.15) is 5.01 Å². The highest BCUT2D eigenvalue weighted by molar-refractivity contribution is 14.0. The van der Waals surface area contributed by atoms with Crippen LogP contribution >= 0.6 is 47.1 Å². The standard InChI is InChI=1S/C16H28N4S2.HI/c1-4-17-16(19-11-15-18-10-12(3)22-15)20-13-7-6-8-14(9-13)21-5-2;/h10,13-14H,4-9,11H2,1-3H3,(H2,17,19,20);1H. The van der Waals surface area contributed by atoms with Gasteiger partial charge in [0, 0.05) is 28.9 Å². The zero-order chi connectivity index (χ0) is 15.8. The highest BCUT2D eigenvalue weighted by Crippen LogP contribution is 2.28. The number of rotatable bonds is 6. The maximum atomic E-state index is 4.70. The molecule has 2 rings (SSSR count). The third-order valence-corrected chi connectivity index (χ3v) is 5.89. The number of thiazole rings is 1. The van der Waals surface area contributed by atoms with E-state index >= 15 is 0 Å². The Hall–Kier alpha value is -0.0200. The Morgan fingerprint density at radius 3 is 2.91 bits per heavy atom. The summed E-state index contributed by atoms with van der Waals surface area (Å²) in [6.07, 6.45) is 7.10. The number of halogens is 1. The summed E-state index contributed by atoms with van der Waals surface area (Å²) >= 11 is 3.82. The van der Waals surface area contributed by atoms with E-state index in [1.807, 2.05) is 6.20 Å². The molecule has 0 spiro atoms. The van der Waals surface area contributed by atoms with Gasteiger partial charge in [-0.15, -0.1) is 35.3 Å². The second-order valence-electron chi connectivity index (χ2n) is 5.65. The molecule has 0 aliphatic heterocycles. The molecule has 1 fully saturated rings. The normalized spacial score (nSPS) is 21.6. The predicted molar refractivity (Wildman–Crippen MR) is 114 cm³/mol. The lowest BCUT2D eigenvalue weighted by atomic mass is 9.95. The first-order valence-electron chi connectivity index (χ1n) is 8.29. The molecule has 1 aliphatic carbocycles. The van der Waals surface area contributed by atoms with Crippen LogP contribution < -0.4 is 10.6 Å². The van der Waals surface area contributed by atoms with Crippen molar-refractivity contribution < 1.29 is 0 Å². The molecule has 7 heteroatoms. The summed E-state index contributed by atoms with van der Waals surface area (Å²) in [6, 6.07) is 0.550. The first kappa shape index (κ1) is 21.0. The van der Waals surface area contributed by atoms with E-state index in [1.54, 1.807) is 11.3 Å². The first-order valence-corrected chi connectivity index (χ1v) is 10.2. The molecule has 0 bridgehead atoms. The van der Waals surface area contributed by atoms with E-state index < -0.39 is 0 Å². The third kappa shape index (κ3) is 7.60. The second-order valence-corrected chi connectivity index (χ2v) is 8.54. The number of hydrogen-bond acceptors (Lipinski definition) is 4. The van der Waals surface area contributed by atoms with Crippen LogP contribution in [0, 0.1) is 6.92 Å². The van der Waals surface area contributed by atoms with Gasteiger partial charge in [-0.3, -0.25) is 0 Å². The molecule has 1 aliphatic rings. The van der Waals surface area contributed by atoms with Gasteiger partial charge in [-0.05, 0) is 38.9 Å². The maximum absolute atomic E-state index is 4.70. The largest absolute Gasteiger partial charge is 0.357 e. The molecule has 2 N–H and O–H groups in total. The van der Waals surface area contributed by atoms with Crippen LogP contribution in [-0.2, 0) is 6.54 Å². The van der Waals surface area contributed by atoms with Gasteiger partial charge in [-0.1, -0.05) is 13.3 Å². The summed E-state index contributed by atoms with van der Waals surface area (Å²) in [5, 5.41) is 8.87. The van der Waals surface area contributed by atoms with E-state index in [4.69, 9.17) is 4.99 Å². The lowest BCUT2D eigenvalue weighted by Crippen LogP contribution is -2.45. The number of aromatic nitrogens is 1. The molecule has 1 aromatic rings. The molecule has 0 radical (unpaired) electrons. The van der Waals surface area contributed by atoms with Gasteiger partial charge in [-0.2, -0.15) is 11.8 Å². The van der Waals surface area contributed by atoms with Crippen LogP contribution in [0.5, 0.6) is 0 Å². The van der Waals surface area contributed by atoms with E-state index in [-0.39, 0.29) is 24.0 Å². The molecule has 0 amide bonds. The van der Waals surface area contributed by atoms with Crippen LogP contribution in [0.2, 0.25) is 0 Å². The van der Waals surface area contributed by atoms with Crippen molar-refractivity contribution in [3.05, 3.63) is 16.1 Å². The van der Waals surface area contributed by atoms with E-state index in [0.717, 1.165) is 22.8 Å². The molecule has 1 aromatic heterocycles. The second kappa shape index (κ2) is 11.5. The van der Waals surface area contributed by atoms with Crippen LogP contribution in [0.25, 0.3) is 0 Å². The smallest absolute Gasteiger partial charge is 0.191 e. The topological polar surface area (TPSA) is 49.3 Å². The minimum atomic E-state index is 0. The summed E-state index contributed by atoms with van der Waals surface area (Å²) in [7, 11) is 0. The summed E-state index contributed by atoms with van der Waals surface area (Å²) < 4.78 is 0. The molecule has 0 aromatic carbocycles. The monoisotopic (exact) mass is 468 g/mol. The molecular weight excluding hydrogens is 439 g/mol. The predicted octanol–water partition coefficient (Wildman–Crippen LogP) is 4.19. The average Bonchev–Trinajstić information content (AvgIpc) is 2.91. The molecule has 23 heavy (non-hydrogen) atoms. The zero-order valence-electron chi connectivity index (χ0n) is 14.3. The first-order chi connectivity index (χ1) is 10.7. The Balaban J connectivity index is 0.00000264. The highest BCUT2D eigenvalue weighted by Gasteiger charge is 2.22. The van der Waals surface area contributed by atoms with Gasteiger partial charge in [-0.25, -0.2) is 9.98 Å². The lowest BCUT2D eigenvalue weighted by Gasteiger charge is -2.30. The minimum Gasteiger partial charge on any atom is -0.357 e. The van der Waals surface area contributed by atoms with Gasteiger partial charge in [0.15, 0.2) is 5.96 Å². The van der Waals surface area contributed by atoms with Gasteiger partial charge >= 0.3 is 0 Å². The molecule has 1 saturated carbocycles. The SMILES string of the molecule is CCNC(=NCc1ncc(C)s1)NC1CCCC(SCC)C1.I.